The van der Waals surface area contributed by atoms with Crippen LogP contribution in [0.15, 0.2) is 12.1 Å². The second-order valence-corrected chi connectivity index (χ2v) is 5.22. The summed E-state index contributed by atoms with van der Waals surface area (Å²) in [4.78, 5) is 12.2. The van der Waals surface area contributed by atoms with Crippen LogP contribution in [0.5, 0.6) is 0 Å². The average Bonchev–Trinajstić information content (AvgIpc) is 2.73. The molecular formula is C10H14ClNO3S. The van der Waals surface area contributed by atoms with E-state index >= 15 is 0 Å². The van der Waals surface area contributed by atoms with Crippen molar-refractivity contribution in [2.24, 2.45) is 0 Å². The van der Waals surface area contributed by atoms with Gasteiger partial charge in [0.1, 0.15) is 0 Å². The number of aliphatic hydroxyl groups is 2. The second kappa shape index (κ2) is 5.63. The van der Waals surface area contributed by atoms with Gasteiger partial charge in [0.15, 0.2) is 0 Å². The van der Waals surface area contributed by atoms with Gasteiger partial charge in [0.25, 0.3) is 5.91 Å². The lowest BCUT2D eigenvalue weighted by atomic mass is 9.98. The summed E-state index contributed by atoms with van der Waals surface area (Å²) in [6.07, 6.45) is 0.449. The molecule has 1 heterocycles. The number of thiophene rings is 1. The van der Waals surface area contributed by atoms with Crippen molar-refractivity contribution in [3.63, 3.8) is 0 Å². The maximum Gasteiger partial charge on any atom is 0.261 e. The molecule has 0 aliphatic rings. The maximum atomic E-state index is 11.8. The Morgan fingerprint density at radius 1 is 1.50 bits per heavy atom. The molecule has 1 amide bonds. The molecule has 0 saturated heterocycles. The zero-order valence-electron chi connectivity index (χ0n) is 8.86. The molecule has 90 valence electrons. The zero-order valence-corrected chi connectivity index (χ0v) is 10.4. The average molecular weight is 264 g/mol. The normalized spacial score (nSPS) is 11.5. The van der Waals surface area contributed by atoms with Gasteiger partial charge in [-0.2, -0.15) is 0 Å². The Bertz CT molecular complexity index is 354. The number of carbonyl (C=O) groups excluding carboxylic acids is 1. The quantitative estimate of drug-likeness (QED) is 0.749. The van der Waals surface area contributed by atoms with E-state index in [4.69, 9.17) is 11.6 Å². The Balaban J connectivity index is 2.76. The first-order valence-corrected chi connectivity index (χ1v) is 6.06. The topological polar surface area (TPSA) is 69.6 Å². The minimum Gasteiger partial charge on any atom is -0.394 e. The summed E-state index contributed by atoms with van der Waals surface area (Å²) in [6, 6.07) is 3.24. The SMILES string of the molecule is CCC(CO)(CO)NC(=O)c1ccc(Cl)s1. The molecule has 0 atom stereocenters. The number of hydrogen-bond acceptors (Lipinski definition) is 4. The first-order chi connectivity index (χ1) is 7.56. The first kappa shape index (κ1) is 13.4. The Hall–Kier alpha value is -0.620. The molecule has 0 unspecified atom stereocenters. The van der Waals surface area contributed by atoms with Gasteiger partial charge in [-0.25, -0.2) is 0 Å². The van der Waals surface area contributed by atoms with Crippen LogP contribution in [-0.2, 0) is 0 Å². The largest absolute Gasteiger partial charge is 0.394 e. The van der Waals surface area contributed by atoms with Crippen molar-refractivity contribution < 1.29 is 15.0 Å². The Labute approximate surface area is 103 Å². The van der Waals surface area contributed by atoms with E-state index in [9.17, 15) is 15.0 Å². The molecule has 0 aliphatic carbocycles. The van der Waals surface area contributed by atoms with Crippen LogP contribution in [0.2, 0.25) is 4.34 Å². The van der Waals surface area contributed by atoms with Gasteiger partial charge in [-0.3, -0.25) is 4.79 Å². The lowest BCUT2D eigenvalue weighted by Crippen LogP contribution is -2.53. The van der Waals surface area contributed by atoms with Crippen LogP contribution < -0.4 is 5.32 Å². The van der Waals surface area contributed by atoms with Crippen molar-refractivity contribution in [1.29, 1.82) is 0 Å². The monoisotopic (exact) mass is 263 g/mol. The third-order valence-corrected chi connectivity index (χ3v) is 3.69. The number of aliphatic hydroxyl groups excluding tert-OH is 2. The lowest BCUT2D eigenvalue weighted by molar-refractivity contribution is 0.0656. The molecule has 0 bridgehead atoms. The van der Waals surface area contributed by atoms with Gasteiger partial charge in [0, 0.05) is 0 Å². The zero-order chi connectivity index (χ0) is 12.2. The molecular weight excluding hydrogens is 250 g/mol. The molecule has 0 fully saturated rings. The number of amides is 1. The van der Waals surface area contributed by atoms with Gasteiger partial charge in [0.2, 0.25) is 0 Å². The van der Waals surface area contributed by atoms with Gasteiger partial charge in [-0.05, 0) is 18.6 Å². The second-order valence-electron chi connectivity index (χ2n) is 3.51. The smallest absolute Gasteiger partial charge is 0.261 e. The minimum absolute atomic E-state index is 0.301. The van der Waals surface area contributed by atoms with E-state index in [2.05, 4.69) is 5.32 Å². The summed E-state index contributed by atoms with van der Waals surface area (Å²) < 4.78 is 0.528. The minimum atomic E-state index is -0.965. The molecule has 6 heteroatoms. The van der Waals surface area contributed by atoms with E-state index in [1.54, 1.807) is 19.1 Å². The molecule has 1 rings (SSSR count). The predicted molar refractivity (Wildman–Crippen MR) is 64.0 cm³/mol. The highest BCUT2D eigenvalue weighted by atomic mass is 35.5. The maximum absolute atomic E-state index is 11.8. The van der Waals surface area contributed by atoms with Gasteiger partial charge < -0.3 is 15.5 Å². The molecule has 0 aliphatic heterocycles. The predicted octanol–water partition coefficient (Wildman–Crippen LogP) is 1.26. The van der Waals surface area contributed by atoms with Crippen molar-refractivity contribution >= 4 is 28.8 Å². The number of nitrogens with one attached hydrogen (secondary N) is 1. The van der Waals surface area contributed by atoms with Crippen molar-refractivity contribution in [3.8, 4) is 0 Å². The van der Waals surface area contributed by atoms with Crippen molar-refractivity contribution in [2.75, 3.05) is 13.2 Å². The highest BCUT2D eigenvalue weighted by Gasteiger charge is 2.29. The van der Waals surface area contributed by atoms with Crippen molar-refractivity contribution in [3.05, 3.63) is 21.3 Å². The molecule has 0 spiro atoms. The van der Waals surface area contributed by atoms with Gasteiger partial charge in [-0.1, -0.05) is 18.5 Å². The van der Waals surface area contributed by atoms with Crippen LogP contribution in [0.4, 0.5) is 0 Å². The van der Waals surface area contributed by atoms with Gasteiger partial charge in [-0.15, -0.1) is 11.3 Å². The van der Waals surface area contributed by atoms with E-state index in [1.165, 1.54) is 0 Å². The summed E-state index contributed by atoms with van der Waals surface area (Å²) in [5.41, 5.74) is -0.965. The third kappa shape index (κ3) is 2.95. The highest BCUT2D eigenvalue weighted by molar-refractivity contribution is 7.18. The first-order valence-electron chi connectivity index (χ1n) is 4.86. The number of halogens is 1. The highest BCUT2D eigenvalue weighted by Crippen LogP contribution is 2.22. The summed E-state index contributed by atoms with van der Waals surface area (Å²) in [7, 11) is 0. The Kier molecular flexibility index (Phi) is 4.73. The fraction of sp³-hybridized carbons (Fsp3) is 0.500. The van der Waals surface area contributed by atoms with E-state index in [0.29, 0.717) is 15.6 Å². The number of rotatable bonds is 5. The molecule has 0 radical (unpaired) electrons. The summed E-state index contributed by atoms with van der Waals surface area (Å²) in [5, 5.41) is 21.0. The van der Waals surface area contributed by atoms with E-state index in [1.807, 2.05) is 0 Å². The number of carbonyl (C=O) groups is 1. The van der Waals surface area contributed by atoms with Gasteiger partial charge >= 0.3 is 0 Å². The molecule has 3 N–H and O–H groups in total. The van der Waals surface area contributed by atoms with Crippen LogP contribution in [-0.4, -0.2) is 34.9 Å². The third-order valence-electron chi connectivity index (χ3n) is 2.46. The summed E-state index contributed by atoms with van der Waals surface area (Å²) in [6.45, 7) is 1.18. The molecule has 0 saturated carbocycles. The Morgan fingerprint density at radius 2 is 2.12 bits per heavy atom. The van der Waals surface area contributed by atoms with E-state index in [-0.39, 0.29) is 19.1 Å². The summed E-state index contributed by atoms with van der Waals surface area (Å²) >= 11 is 6.88. The van der Waals surface area contributed by atoms with Crippen LogP contribution in [0, 0.1) is 0 Å². The van der Waals surface area contributed by atoms with E-state index < -0.39 is 5.54 Å². The lowest BCUT2D eigenvalue weighted by Gasteiger charge is -2.29. The molecule has 16 heavy (non-hydrogen) atoms. The van der Waals surface area contributed by atoms with Crippen molar-refractivity contribution in [2.45, 2.75) is 18.9 Å². The molecule has 1 aromatic heterocycles. The summed E-state index contributed by atoms with van der Waals surface area (Å²) in [5.74, 6) is -0.332. The molecule has 1 aromatic rings. The fourth-order valence-corrected chi connectivity index (χ4v) is 2.12. The molecule has 4 nitrogen and oxygen atoms in total. The Morgan fingerprint density at radius 3 is 2.50 bits per heavy atom. The van der Waals surface area contributed by atoms with Crippen molar-refractivity contribution in [1.82, 2.24) is 5.32 Å². The number of hydrogen-bond donors (Lipinski definition) is 3. The van der Waals surface area contributed by atoms with Crippen LogP contribution in [0.1, 0.15) is 23.0 Å². The van der Waals surface area contributed by atoms with Gasteiger partial charge in [0.05, 0.1) is 28.0 Å². The van der Waals surface area contributed by atoms with Crippen LogP contribution >= 0.6 is 22.9 Å². The van der Waals surface area contributed by atoms with Crippen LogP contribution in [0.3, 0.4) is 0 Å². The fourth-order valence-electron chi connectivity index (χ4n) is 1.18. The molecule has 0 aromatic carbocycles. The van der Waals surface area contributed by atoms with E-state index in [0.717, 1.165) is 11.3 Å². The van der Waals surface area contributed by atoms with Crippen LogP contribution in [0.25, 0.3) is 0 Å². The standard InChI is InChI=1S/C10H14ClNO3S/c1-2-10(5-13,6-14)12-9(15)7-3-4-8(11)16-7/h3-4,13-14H,2,5-6H2,1H3,(H,12,15).